The maximum absolute atomic E-state index is 11.5. The van der Waals surface area contributed by atoms with Crippen LogP contribution < -0.4 is 4.74 Å². The molecule has 2 fully saturated rings. The quantitative estimate of drug-likeness (QED) is 0.895. The largest absolute Gasteiger partial charge is 0.497 e. The second-order valence-corrected chi connectivity index (χ2v) is 5.99. The Kier molecular flexibility index (Phi) is 3.21. The number of likely N-dealkylation sites (tertiary alicyclic amines) is 1. The monoisotopic (exact) mass is 275 g/mol. The zero-order valence-corrected chi connectivity index (χ0v) is 12.0. The van der Waals surface area contributed by atoms with Crippen molar-refractivity contribution in [2.24, 2.45) is 11.8 Å². The number of hydrogen-bond donors (Lipinski definition) is 1. The van der Waals surface area contributed by atoms with Crippen LogP contribution in [0.1, 0.15) is 25.3 Å². The Morgan fingerprint density at radius 3 is 2.95 bits per heavy atom. The van der Waals surface area contributed by atoms with E-state index in [4.69, 9.17) is 4.74 Å². The molecule has 2 aliphatic rings. The van der Waals surface area contributed by atoms with Crippen molar-refractivity contribution in [3.8, 4) is 5.75 Å². The van der Waals surface area contributed by atoms with E-state index < -0.39 is 5.60 Å². The van der Waals surface area contributed by atoms with E-state index in [-0.39, 0.29) is 11.8 Å². The smallest absolute Gasteiger partial charge is 0.219 e. The SMILES string of the molecule is COc1cccc([C@]2(O)CC[C@@H]3CN(C(C)=O)C[C@H]32)c1. The first-order chi connectivity index (χ1) is 9.54. The molecule has 0 aromatic heterocycles. The van der Waals surface area contributed by atoms with Crippen LogP contribution in [0.15, 0.2) is 24.3 Å². The Morgan fingerprint density at radius 1 is 1.45 bits per heavy atom. The van der Waals surface area contributed by atoms with Gasteiger partial charge in [0.1, 0.15) is 5.75 Å². The molecule has 1 saturated carbocycles. The van der Waals surface area contributed by atoms with Crippen molar-refractivity contribution in [3.05, 3.63) is 29.8 Å². The van der Waals surface area contributed by atoms with Crippen LogP contribution in [0.5, 0.6) is 5.75 Å². The molecule has 1 aromatic rings. The van der Waals surface area contributed by atoms with Crippen LogP contribution in [0.4, 0.5) is 0 Å². The third-order valence-corrected chi connectivity index (χ3v) is 4.97. The molecule has 0 spiro atoms. The number of aliphatic hydroxyl groups is 1. The molecule has 3 atom stereocenters. The van der Waals surface area contributed by atoms with Crippen LogP contribution in [0.2, 0.25) is 0 Å². The summed E-state index contributed by atoms with van der Waals surface area (Å²) in [6.07, 6.45) is 1.74. The lowest BCUT2D eigenvalue weighted by Gasteiger charge is -2.30. The number of carbonyl (C=O) groups excluding carboxylic acids is 1. The van der Waals surface area contributed by atoms with E-state index in [0.717, 1.165) is 30.7 Å². The fourth-order valence-electron chi connectivity index (χ4n) is 3.80. The Labute approximate surface area is 119 Å². The number of nitrogens with zero attached hydrogens (tertiary/aromatic N) is 1. The van der Waals surface area contributed by atoms with Crippen LogP contribution in [0, 0.1) is 11.8 Å². The average molecular weight is 275 g/mol. The second kappa shape index (κ2) is 4.77. The highest BCUT2D eigenvalue weighted by molar-refractivity contribution is 5.73. The topological polar surface area (TPSA) is 49.8 Å². The molecule has 0 unspecified atom stereocenters. The van der Waals surface area contributed by atoms with E-state index in [2.05, 4.69) is 0 Å². The van der Waals surface area contributed by atoms with Gasteiger partial charge in [0, 0.05) is 25.9 Å². The van der Waals surface area contributed by atoms with Gasteiger partial charge in [0.05, 0.1) is 12.7 Å². The molecule has 4 heteroatoms. The van der Waals surface area contributed by atoms with E-state index in [1.54, 1.807) is 14.0 Å². The van der Waals surface area contributed by atoms with Crippen LogP contribution in [-0.2, 0) is 10.4 Å². The first-order valence-corrected chi connectivity index (χ1v) is 7.17. The van der Waals surface area contributed by atoms with Crippen LogP contribution >= 0.6 is 0 Å². The minimum atomic E-state index is -0.830. The number of methoxy groups -OCH3 is 1. The summed E-state index contributed by atoms with van der Waals surface area (Å²) < 4.78 is 5.25. The number of carbonyl (C=O) groups is 1. The summed E-state index contributed by atoms with van der Waals surface area (Å²) in [7, 11) is 1.63. The van der Waals surface area contributed by atoms with Gasteiger partial charge in [0.15, 0.2) is 0 Å². The molecule has 1 N–H and O–H groups in total. The number of fused-ring (bicyclic) bond motifs is 1. The first kappa shape index (κ1) is 13.4. The molecule has 1 amide bonds. The summed E-state index contributed by atoms with van der Waals surface area (Å²) >= 11 is 0. The predicted molar refractivity (Wildman–Crippen MR) is 75.4 cm³/mol. The third kappa shape index (κ3) is 1.99. The Bertz CT molecular complexity index is 530. The highest BCUT2D eigenvalue weighted by Crippen LogP contribution is 2.50. The van der Waals surface area contributed by atoms with Crippen molar-refractivity contribution >= 4 is 5.91 Å². The molecular weight excluding hydrogens is 254 g/mol. The zero-order valence-electron chi connectivity index (χ0n) is 12.0. The molecule has 1 aliphatic carbocycles. The maximum atomic E-state index is 11.5. The normalized spacial score (nSPS) is 32.2. The number of amides is 1. The number of rotatable bonds is 2. The molecule has 20 heavy (non-hydrogen) atoms. The summed E-state index contributed by atoms with van der Waals surface area (Å²) in [5.41, 5.74) is 0.0819. The van der Waals surface area contributed by atoms with E-state index in [9.17, 15) is 9.90 Å². The lowest BCUT2D eigenvalue weighted by Crippen LogP contribution is -2.35. The molecule has 108 valence electrons. The molecule has 3 rings (SSSR count). The van der Waals surface area contributed by atoms with Gasteiger partial charge in [-0.15, -0.1) is 0 Å². The summed E-state index contributed by atoms with van der Waals surface area (Å²) in [6, 6.07) is 7.67. The summed E-state index contributed by atoms with van der Waals surface area (Å²) in [5.74, 6) is 1.42. The van der Waals surface area contributed by atoms with Gasteiger partial charge in [-0.2, -0.15) is 0 Å². The Hall–Kier alpha value is -1.55. The first-order valence-electron chi connectivity index (χ1n) is 7.17. The van der Waals surface area contributed by atoms with Crippen molar-refractivity contribution in [1.29, 1.82) is 0 Å². The van der Waals surface area contributed by atoms with Crippen molar-refractivity contribution in [2.45, 2.75) is 25.4 Å². The molecule has 1 aliphatic heterocycles. The predicted octanol–water partition coefficient (Wildman–Crippen LogP) is 1.77. The Balaban J connectivity index is 1.90. The van der Waals surface area contributed by atoms with Gasteiger partial charge in [0.25, 0.3) is 0 Å². The molecular formula is C16H21NO3. The second-order valence-electron chi connectivity index (χ2n) is 5.99. The van der Waals surface area contributed by atoms with Gasteiger partial charge >= 0.3 is 0 Å². The van der Waals surface area contributed by atoms with Gasteiger partial charge in [-0.3, -0.25) is 4.79 Å². The van der Waals surface area contributed by atoms with Gasteiger partial charge in [-0.05, 0) is 36.5 Å². The van der Waals surface area contributed by atoms with E-state index >= 15 is 0 Å². The fraction of sp³-hybridized carbons (Fsp3) is 0.562. The lowest BCUT2D eigenvalue weighted by atomic mass is 9.82. The van der Waals surface area contributed by atoms with Gasteiger partial charge in [-0.1, -0.05) is 12.1 Å². The number of hydrogen-bond acceptors (Lipinski definition) is 3. The zero-order chi connectivity index (χ0) is 14.3. The minimum Gasteiger partial charge on any atom is -0.497 e. The van der Waals surface area contributed by atoms with Crippen LogP contribution in [0.25, 0.3) is 0 Å². The molecule has 4 nitrogen and oxygen atoms in total. The van der Waals surface area contributed by atoms with E-state index in [0.29, 0.717) is 12.5 Å². The highest BCUT2D eigenvalue weighted by Gasteiger charge is 2.52. The van der Waals surface area contributed by atoms with E-state index in [1.165, 1.54) is 0 Å². The maximum Gasteiger partial charge on any atom is 0.219 e. The number of ether oxygens (including phenoxy) is 1. The van der Waals surface area contributed by atoms with Gasteiger partial charge in [-0.25, -0.2) is 0 Å². The fourth-order valence-corrected chi connectivity index (χ4v) is 3.80. The average Bonchev–Trinajstić information content (AvgIpc) is 3.01. The standard InChI is InChI=1S/C16H21NO3/c1-11(18)17-9-12-6-7-16(19,15(12)10-17)13-4-3-5-14(8-13)20-2/h3-5,8,12,15,19H,6-7,9-10H2,1-2H3/t12-,15-,16-/m1/s1. The van der Waals surface area contributed by atoms with Crippen LogP contribution in [0.3, 0.4) is 0 Å². The molecule has 1 saturated heterocycles. The van der Waals surface area contributed by atoms with Gasteiger partial charge < -0.3 is 14.7 Å². The van der Waals surface area contributed by atoms with Crippen molar-refractivity contribution in [1.82, 2.24) is 4.90 Å². The van der Waals surface area contributed by atoms with Crippen LogP contribution in [-0.4, -0.2) is 36.1 Å². The van der Waals surface area contributed by atoms with Crippen molar-refractivity contribution in [2.75, 3.05) is 20.2 Å². The summed E-state index contributed by atoms with van der Waals surface area (Å²) in [4.78, 5) is 13.4. The summed E-state index contributed by atoms with van der Waals surface area (Å²) in [6.45, 7) is 3.05. The molecule has 0 radical (unpaired) electrons. The number of benzene rings is 1. The molecule has 0 bridgehead atoms. The third-order valence-electron chi connectivity index (χ3n) is 4.97. The highest BCUT2D eigenvalue weighted by atomic mass is 16.5. The van der Waals surface area contributed by atoms with E-state index in [1.807, 2.05) is 29.2 Å². The lowest BCUT2D eigenvalue weighted by molar-refractivity contribution is -0.128. The molecule has 1 heterocycles. The van der Waals surface area contributed by atoms with Gasteiger partial charge in [0.2, 0.25) is 5.91 Å². The van der Waals surface area contributed by atoms with Crippen molar-refractivity contribution < 1.29 is 14.6 Å². The Morgan fingerprint density at radius 2 is 2.25 bits per heavy atom. The summed E-state index contributed by atoms with van der Waals surface area (Å²) in [5, 5.41) is 11.2. The molecule has 1 aromatic carbocycles. The minimum absolute atomic E-state index is 0.104. The van der Waals surface area contributed by atoms with Crippen molar-refractivity contribution in [3.63, 3.8) is 0 Å².